The van der Waals surface area contributed by atoms with Crippen molar-refractivity contribution in [3.8, 4) is 0 Å². The molecule has 46 valence electrons. The van der Waals surface area contributed by atoms with Crippen LogP contribution in [0.3, 0.4) is 0 Å². The molecular weight excluding hydrogens is 141 g/mol. The van der Waals surface area contributed by atoms with Gasteiger partial charge in [0.1, 0.15) is 0 Å². The predicted octanol–water partition coefficient (Wildman–Crippen LogP) is -2.35. The van der Waals surface area contributed by atoms with E-state index in [1.807, 2.05) is 0 Å². The van der Waals surface area contributed by atoms with Crippen molar-refractivity contribution in [1.82, 2.24) is 4.90 Å². The van der Waals surface area contributed by atoms with Gasteiger partial charge in [-0.15, -0.1) is 0 Å². The minimum atomic E-state index is 0. The molecule has 1 atom stereocenters. The fourth-order valence-electron chi connectivity index (χ4n) is 0.970. The van der Waals surface area contributed by atoms with Gasteiger partial charge in [-0.3, -0.25) is 11.8 Å². The first-order valence-corrected chi connectivity index (χ1v) is 2.81. The molecule has 1 amide bonds. The standard InChI is InChI=1S/C6H10NO.K/c1-5-3-6(8)7(2)4-5;/h5H,2-4H2,1H3;/q-1;+1. The van der Waals surface area contributed by atoms with Crippen LogP contribution in [0.15, 0.2) is 0 Å². The second-order valence-electron chi connectivity index (χ2n) is 2.43. The number of amides is 1. The van der Waals surface area contributed by atoms with Gasteiger partial charge >= 0.3 is 51.4 Å². The van der Waals surface area contributed by atoms with Crippen LogP contribution in [0.1, 0.15) is 13.3 Å². The van der Waals surface area contributed by atoms with Gasteiger partial charge in [-0.1, -0.05) is 6.92 Å². The Morgan fingerprint density at radius 2 is 2.33 bits per heavy atom. The molecule has 0 N–H and O–H groups in total. The van der Waals surface area contributed by atoms with Crippen LogP contribution in [0.2, 0.25) is 0 Å². The molecule has 1 fully saturated rings. The largest absolute Gasteiger partial charge is 1.00 e. The molecule has 0 aromatic carbocycles. The van der Waals surface area contributed by atoms with E-state index in [1.54, 1.807) is 0 Å². The summed E-state index contributed by atoms with van der Waals surface area (Å²) in [5, 5.41) is 0. The molecule has 0 aromatic rings. The van der Waals surface area contributed by atoms with Crippen molar-refractivity contribution < 1.29 is 56.2 Å². The summed E-state index contributed by atoms with van der Waals surface area (Å²) in [6.45, 7) is 2.89. The zero-order valence-electron chi connectivity index (χ0n) is 6.05. The smallest absolute Gasteiger partial charge is 0.495 e. The zero-order valence-corrected chi connectivity index (χ0v) is 9.18. The molecule has 1 aliphatic rings. The third kappa shape index (κ3) is 2.68. The fraction of sp³-hybridized carbons (Fsp3) is 0.667. The van der Waals surface area contributed by atoms with Gasteiger partial charge in [0.05, 0.1) is 0 Å². The zero-order chi connectivity index (χ0) is 6.15. The molecule has 0 spiro atoms. The number of hydrogen-bond acceptors (Lipinski definition) is 1. The molecule has 0 aromatic heterocycles. The van der Waals surface area contributed by atoms with E-state index in [2.05, 4.69) is 14.0 Å². The third-order valence-corrected chi connectivity index (χ3v) is 1.41. The summed E-state index contributed by atoms with van der Waals surface area (Å²) >= 11 is 0. The van der Waals surface area contributed by atoms with Crippen LogP contribution in [0.5, 0.6) is 0 Å². The molecule has 0 radical (unpaired) electrons. The Kier molecular flexibility index (Phi) is 4.58. The maximum Gasteiger partial charge on any atom is 1.00 e. The van der Waals surface area contributed by atoms with Crippen LogP contribution in [-0.2, 0) is 4.79 Å². The van der Waals surface area contributed by atoms with Crippen molar-refractivity contribution in [1.29, 1.82) is 0 Å². The van der Waals surface area contributed by atoms with E-state index in [0.717, 1.165) is 6.54 Å². The van der Waals surface area contributed by atoms with Crippen LogP contribution < -0.4 is 51.4 Å². The maximum absolute atomic E-state index is 10.6. The fourth-order valence-corrected chi connectivity index (χ4v) is 0.970. The maximum atomic E-state index is 10.6. The molecule has 3 heteroatoms. The van der Waals surface area contributed by atoms with Gasteiger partial charge in [0.2, 0.25) is 0 Å². The van der Waals surface area contributed by atoms with Gasteiger partial charge in [0, 0.05) is 6.42 Å². The Morgan fingerprint density at radius 1 is 1.78 bits per heavy atom. The van der Waals surface area contributed by atoms with Crippen molar-refractivity contribution in [3.05, 3.63) is 7.05 Å². The molecule has 1 saturated heterocycles. The van der Waals surface area contributed by atoms with Crippen LogP contribution >= 0.6 is 0 Å². The Labute approximate surface area is 98.4 Å². The van der Waals surface area contributed by atoms with Crippen LogP contribution in [-0.4, -0.2) is 17.4 Å². The summed E-state index contributed by atoms with van der Waals surface area (Å²) in [5.74, 6) is 0.692. The molecule has 2 nitrogen and oxygen atoms in total. The van der Waals surface area contributed by atoms with E-state index in [4.69, 9.17) is 0 Å². The number of likely N-dealkylation sites (tertiary alicyclic amines) is 1. The summed E-state index contributed by atoms with van der Waals surface area (Å²) in [4.78, 5) is 12.2. The van der Waals surface area contributed by atoms with Crippen molar-refractivity contribution in [2.24, 2.45) is 5.92 Å². The van der Waals surface area contributed by atoms with Gasteiger partial charge in [0.25, 0.3) is 0 Å². The van der Waals surface area contributed by atoms with Crippen molar-refractivity contribution >= 4 is 5.91 Å². The number of carbonyl (C=O) groups excluding carboxylic acids is 1. The second kappa shape index (κ2) is 4.08. The number of rotatable bonds is 0. The monoisotopic (exact) mass is 151 g/mol. The molecule has 1 rings (SSSR count). The number of hydrogen-bond donors (Lipinski definition) is 0. The summed E-state index contributed by atoms with van der Waals surface area (Å²) in [6, 6.07) is 0. The quantitative estimate of drug-likeness (QED) is 0.280. The van der Waals surface area contributed by atoms with Gasteiger partial charge in [-0.05, 0) is 12.5 Å². The topological polar surface area (TPSA) is 20.3 Å². The third-order valence-electron chi connectivity index (χ3n) is 1.41. The summed E-state index contributed by atoms with van der Waals surface area (Å²) in [7, 11) is 3.55. The van der Waals surface area contributed by atoms with Crippen molar-refractivity contribution in [2.45, 2.75) is 13.3 Å². The first-order chi connectivity index (χ1) is 3.70. The SMILES string of the molecule is [CH2-]N1CC(C)CC1=O.[K+]. The van der Waals surface area contributed by atoms with Gasteiger partial charge in [0.15, 0.2) is 5.91 Å². The van der Waals surface area contributed by atoms with Crippen molar-refractivity contribution in [2.75, 3.05) is 6.54 Å². The van der Waals surface area contributed by atoms with E-state index in [0.29, 0.717) is 12.3 Å². The molecule has 0 bridgehead atoms. The van der Waals surface area contributed by atoms with Gasteiger partial charge in [-0.25, -0.2) is 0 Å². The number of carbonyl (C=O) groups is 1. The molecule has 0 saturated carbocycles. The second-order valence-corrected chi connectivity index (χ2v) is 2.43. The average molecular weight is 151 g/mol. The Balaban J connectivity index is 0.000000640. The van der Waals surface area contributed by atoms with Gasteiger partial charge in [-0.2, -0.15) is 0 Å². The number of nitrogens with zero attached hydrogens (tertiary/aromatic N) is 1. The van der Waals surface area contributed by atoms with E-state index < -0.39 is 0 Å². The van der Waals surface area contributed by atoms with E-state index in [9.17, 15) is 4.79 Å². The molecule has 0 aliphatic carbocycles. The Morgan fingerprint density at radius 3 is 2.44 bits per heavy atom. The summed E-state index contributed by atoms with van der Waals surface area (Å²) in [5.41, 5.74) is 0. The van der Waals surface area contributed by atoms with Crippen LogP contribution in [0, 0.1) is 13.0 Å². The van der Waals surface area contributed by atoms with Crippen molar-refractivity contribution in [3.63, 3.8) is 0 Å². The molecule has 1 aliphatic heterocycles. The van der Waals surface area contributed by atoms with E-state index in [1.165, 1.54) is 4.90 Å². The van der Waals surface area contributed by atoms with E-state index >= 15 is 0 Å². The first-order valence-electron chi connectivity index (χ1n) is 2.81. The van der Waals surface area contributed by atoms with E-state index in [-0.39, 0.29) is 57.3 Å². The summed E-state index contributed by atoms with van der Waals surface area (Å²) in [6.07, 6.45) is 0.684. The normalized spacial score (nSPS) is 26.2. The van der Waals surface area contributed by atoms with Crippen LogP contribution in [0.4, 0.5) is 0 Å². The Bertz CT molecular complexity index is 116. The minimum Gasteiger partial charge on any atom is -0.495 e. The average Bonchev–Trinajstić information content (AvgIpc) is 1.85. The Hall–Kier alpha value is 1.11. The summed E-state index contributed by atoms with van der Waals surface area (Å²) < 4.78 is 0. The minimum absolute atomic E-state index is 0. The predicted molar refractivity (Wildman–Crippen MR) is 30.9 cm³/mol. The molecular formula is C6H10KNO. The van der Waals surface area contributed by atoms with Crippen LogP contribution in [0.25, 0.3) is 0 Å². The molecule has 9 heavy (non-hydrogen) atoms. The molecule has 1 heterocycles. The van der Waals surface area contributed by atoms with Gasteiger partial charge < -0.3 is 4.90 Å². The first kappa shape index (κ1) is 10.1. The molecule has 1 unspecified atom stereocenters.